The molecule has 0 atom stereocenters. The topological polar surface area (TPSA) is 82.4 Å². The Bertz CT molecular complexity index is 907. The molecule has 2 aromatic rings. The van der Waals surface area contributed by atoms with Crippen LogP contribution in [-0.2, 0) is 11.2 Å². The van der Waals surface area contributed by atoms with Gasteiger partial charge in [-0.1, -0.05) is 6.92 Å². The van der Waals surface area contributed by atoms with Crippen molar-refractivity contribution in [3.05, 3.63) is 40.2 Å². The lowest BCUT2D eigenvalue weighted by atomic mass is 10.2. The number of nitrogens with one attached hydrogen (secondary N) is 1. The Morgan fingerprint density at radius 1 is 1.19 bits per heavy atom. The number of nitrogens with zero attached hydrogens (tertiary/aromatic N) is 2. The molecule has 2 heterocycles. The van der Waals surface area contributed by atoms with Crippen molar-refractivity contribution in [2.24, 2.45) is 0 Å². The summed E-state index contributed by atoms with van der Waals surface area (Å²) in [6.45, 7) is 0.766. The molecule has 0 spiro atoms. The first-order chi connectivity index (χ1) is 12.8. The van der Waals surface area contributed by atoms with E-state index in [0.29, 0.717) is 18.7 Å². The lowest BCUT2D eigenvalue weighted by Crippen LogP contribution is -2.25. The number of aromatic nitrogens is 2. The molecule has 0 radical (unpaired) electrons. The van der Waals surface area contributed by atoms with Crippen LogP contribution in [0.25, 0.3) is 5.69 Å². The van der Waals surface area contributed by atoms with E-state index in [1.165, 1.54) is 28.8 Å². The van der Waals surface area contributed by atoms with Gasteiger partial charge in [0, 0.05) is 0 Å². The molecule has 0 saturated heterocycles. The van der Waals surface area contributed by atoms with Crippen LogP contribution in [-0.4, -0.2) is 34.8 Å². The molecule has 144 valence electrons. The fraction of sp³-hybridized carbons (Fsp3) is 0.353. The average molecular weight is 383 g/mol. The zero-order valence-electron chi connectivity index (χ0n) is 14.3. The second kappa shape index (κ2) is 7.29. The Morgan fingerprint density at radius 3 is 2.52 bits per heavy atom. The smallest absolute Gasteiger partial charge is 0.422 e. The predicted molar refractivity (Wildman–Crippen MR) is 89.5 cm³/mol. The Balaban J connectivity index is 1.96. The van der Waals surface area contributed by atoms with Crippen molar-refractivity contribution in [3.8, 4) is 17.4 Å². The molecule has 0 saturated carbocycles. The molecule has 7 nitrogen and oxygen atoms in total. The van der Waals surface area contributed by atoms with Crippen molar-refractivity contribution in [2.75, 3.05) is 18.5 Å². The van der Waals surface area contributed by atoms with Gasteiger partial charge < -0.3 is 14.8 Å². The first-order valence-corrected chi connectivity index (χ1v) is 8.17. The van der Waals surface area contributed by atoms with Gasteiger partial charge in [-0.15, -0.1) is 0 Å². The second-order valence-electron chi connectivity index (χ2n) is 5.83. The number of rotatable bonds is 6. The average Bonchev–Trinajstić information content (AvgIpc) is 2.99. The summed E-state index contributed by atoms with van der Waals surface area (Å²) >= 11 is 0. The molecule has 1 amide bonds. The quantitative estimate of drug-likeness (QED) is 0.829. The minimum absolute atomic E-state index is 0.00566. The molecule has 0 fully saturated rings. The van der Waals surface area contributed by atoms with Crippen molar-refractivity contribution < 1.29 is 27.4 Å². The van der Waals surface area contributed by atoms with E-state index in [2.05, 4.69) is 15.0 Å². The monoisotopic (exact) mass is 383 g/mol. The maximum atomic E-state index is 12.8. The lowest BCUT2D eigenvalue weighted by molar-refractivity contribution is -0.153. The third-order valence-electron chi connectivity index (χ3n) is 3.67. The van der Waals surface area contributed by atoms with E-state index in [0.717, 1.165) is 0 Å². The Hall–Kier alpha value is -3.04. The van der Waals surface area contributed by atoms with Gasteiger partial charge in [-0.05, 0) is 30.7 Å². The van der Waals surface area contributed by atoms with Crippen LogP contribution in [0.15, 0.2) is 29.1 Å². The fourth-order valence-corrected chi connectivity index (χ4v) is 2.51. The van der Waals surface area contributed by atoms with Crippen LogP contribution < -0.4 is 20.3 Å². The molecule has 1 aliphatic heterocycles. The first kappa shape index (κ1) is 18.7. The number of hydrogen-bond donors (Lipinski definition) is 1. The summed E-state index contributed by atoms with van der Waals surface area (Å²) in [4.78, 5) is 28.6. The molecule has 10 heteroatoms. The van der Waals surface area contributed by atoms with Crippen LogP contribution in [0.1, 0.15) is 18.9 Å². The summed E-state index contributed by atoms with van der Waals surface area (Å²) in [7, 11) is 0. The number of carbonyl (C=O) groups is 1. The van der Waals surface area contributed by atoms with Crippen LogP contribution in [0.3, 0.4) is 0 Å². The van der Waals surface area contributed by atoms with Crippen LogP contribution in [0.5, 0.6) is 11.8 Å². The summed E-state index contributed by atoms with van der Waals surface area (Å²) in [5.74, 6) is -0.173. The summed E-state index contributed by atoms with van der Waals surface area (Å²) in [5, 5.41) is 2.50. The molecule has 0 bridgehead atoms. The largest absolute Gasteiger partial charge is 0.484 e. The SMILES string of the molecule is CCCOc1nc2c(c(=O)n1-c1ccc(OCC(F)(F)F)cc1)CC(=O)N2. The van der Waals surface area contributed by atoms with Crippen LogP contribution in [0, 0.1) is 0 Å². The molecule has 0 aliphatic carbocycles. The molecule has 3 rings (SSSR count). The molecule has 1 N–H and O–H groups in total. The molecule has 0 unspecified atom stereocenters. The number of halogens is 3. The number of hydrogen-bond acceptors (Lipinski definition) is 5. The maximum Gasteiger partial charge on any atom is 0.422 e. The molecular weight excluding hydrogens is 367 g/mol. The van der Waals surface area contributed by atoms with E-state index >= 15 is 0 Å². The van der Waals surface area contributed by atoms with E-state index in [-0.39, 0.29) is 35.5 Å². The zero-order valence-corrected chi connectivity index (χ0v) is 14.3. The number of fused-ring (bicyclic) bond motifs is 1. The number of amides is 1. The normalized spacial score (nSPS) is 13.3. The van der Waals surface area contributed by atoms with Gasteiger partial charge in [-0.2, -0.15) is 18.2 Å². The van der Waals surface area contributed by atoms with E-state index in [4.69, 9.17) is 4.74 Å². The van der Waals surface area contributed by atoms with Crippen LogP contribution >= 0.6 is 0 Å². The van der Waals surface area contributed by atoms with Gasteiger partial charge in [0.2, 0.25) is 5.91 Å². The highest BCUT2D eigenvalue weighted by Crippen LogP contribution is 2.25. The summed E-state index contributed by atoms with van der Waals surface area (Å²) in [5.41, 5.74) is 0.0646. The molecule has 1 aromatic heterocycles. The zero-order chi connectivity index (χ0) is 19.6. The summed E-state index contributed by atoms with van der Waals surface area (Å²) < 4.78 is 48.1. The third kappa shape index (κ3) is 4.21. The second-order valence-corrected chi connectivity index (χ2v) is 5.83. The molecular formula is C17H16F3N3O4. The van der Waals surface area contributed by atoms with Gasteiger partial charge in [0.25, 0.3) is 5.56 Å². The Labute approximate surface area is 151 Å². The van der Waals surface area contributed by atoms with Crippen molar-refractivity contribution >= 4 is 11.7 Å². The van der Waals surface area contributed by atoms with Gasteiger partial charge in [0.1, 0.15) is 11.6 Å². The van der Waals surface area contributed by atoms with E-state index < -0.39 is 18.3 Å². The highest BCUT2D eigenvalue weighted by molar-refractivity contribution is 5.97. The summed E-state index contributed by atoms with van der Waals surface area (Å²) in [6.07, 6.45) is -3.87. The van der Waals surface area contributed by atoms with Gasteiger partial charge in [0.05, 0.1) is 24.3 Å². The van der Waals surface area contributed by atoms with E-state index in [9.17, 15) is 22.8 Å². The van der Waals surface area contributed by atoms with Crippen LogP contribution in [0.4, 0.5) is 19.0 Å². The first-order valence-electron chi connectivity index (χ1n) is 8.17. The van der Waals surface area contributed by atoms with Crippen molar-refractivity contribution in [2.45, 2.75) is 25.9 Å². The minimum Gasteiger partial charge on any atom is -0.484 e. The Morgan fingerprint density at radius 2 is 1.89 bits per heavy atom. The van der Waals surface area contributed by atoms with E-state index in [1.807, 2.05) is 6.92 Å². The number of alkyl halides is 3. The summed E-state index contributed by atoms with van der Waals surface area (Å²) in [6, 6.07) is 5.46. The van der Waals surface area contributed by atoms with Crippen LogP contribution in [0.2, 0.25) is 0 Å². The standard InChI is InChI=1S/C17H16F3N3O4/c1-2-7-26-16-22-14-12(8-13(24)21-14)15(25)23(16)10-3-5-11(6-4-10)27-9-17(18,19)20/h3-6H,2,7-9H2,1H3,(H,21,24). The molecule has 27 heavy (non-hydrogen) atoms. The number of ether oxygens (including phenoxy) is 2. The van der Waals surface area contributed by atoms with Gasteiger partial charge >= 0.3 is 12.2 Å². The maximum absolute atomic E-state index is 12.8. The number of carbonyl (C=O) groups excluding carboxylic acids is 1. The molecule has 1 aromatic carbocycles. The van der Waals surface area contributed by atoms with Crippen molar-refractivity contribution in [1.82, 2.24) is 9.55 Å². The van der Waals surface area contributed by atoms with Gasteiger partial charge in [-0.3, -0.25) is 9.59 Å². The third-order valence-corrected chi connectivity index (χ3v) is 3.67. The van der Waals surface area contributed by atoms with Crippen molar-refractivity contribution in [3.63, 3.8) is 0 Å². The highest BCUT2D eigenvalue weighted by Gasteiger charge is 2.29. The van der Waals surface area contributed by atoms with Crippen molar-refractivity contribution in [1.29, 1.82) is 0 Å². The number of anilines is 1. The minimum atomic E-state index is -4.44. The lowest BCUT2D eigenvalue weighted by Gasteiger charge is -2.15. The van der Waals surface area contributed by atoms with Gasteiger partial charge in [-0.25, -0.2) is 4.57 Å². The molecule has 1 aliphatic rings. The Kier molecular flexibility index (Phi) is 5.06. The predicted octanol–water partition coefficient (Wildman–Crippen LogP) is 2.46. The highest BCUT2D eigenvalue weighted by atomic mass is 19.4. The van der Waals surface area contributed by atoms with Gasteiger partial charge in [0.15, 0.2) is 6.61 Å². The number of benzene rings is 1. The van der Waals surface area contributed by atoms with E-state index in [1.54, 1.807) is 0 Å². The fourth-order valence-electron chi connectivity index (χ4n) is 2.51.